The van der Waals surface area contributed by atoms with E-state index in [2.05, 4.69) is 4.98 Å². The van der Waals surface area contributed by atoms with Crippen LogP contribution < -0.4 is 0 Å². The number of ketones is 1. The van der Waals surface area contributed by atoms with Crippen molar-refractivity contribution >= 4 is 34.3 Å². The van der Waals surface area contributed by atoms with Gasteiger partial charge in [-0.3, -0.25) is 4.79 Å². The molecule has 1 aliphatic carbocycles. The van der Waals surface area contributed by atoms with E-state index in [1.165, 1.54) is 11.3 Å². The van der Waals surface area contributed by atoms with Crippen LogP contribution in [0.1, 0.15) is 31.7 Å². The Bertz CT molecular complexity index is 940. The molecule has 1 atom stereocenters. The van der Waals surface area contributed by atoms with Crippen molar-refractivity contribution < 1.29 is 14.6 Å². The van der Waals surface area contributed by atoms with E-state index in [0.717, 1.165) is 11.3 Å². The van der Waals surface area contributed by atoms with Gasteiger partial charge in [-0.15, -0.1) is 11.3 Å². The second-order valence-electron chi connectivity index (χ2n) is 7.39. The van der Waals surface area contributed by atoms with Crippen molar-refractivity contribution in [3.05, 3.63) is 57.1 Å². The molecule has 2 aliphatic rings. The van der Waals surface area contributed by atoms with E-state index in [4.69, 9.17) is 16.3 Å². The molecule has 0 fully saturated rings. The van der Waals surface area contributed by atoms with E-state index in [1.54, 1.807) is 6.08 Å². The lowest BCUT2D eigenvalue weighted by Crippen LogP contribution is -2.31. The summed E-state index contributed by atoms with van der Waals surface area (Å²) in [4.78, 5) is 17.1. The number of thiazole rings is 1. The van der Waals surface area contributed by atoms with Gasteiger partial charge in [-0.25, -0.2) is 4.98 Å². The Kier molecular flexibility index (Phi) is 4.26. The lowest BCUT2D eigenvalue weighted by molar-refractivity contribution is -0.119. The minimum absolute atomic E-state index is 0.0510. The number of carbonyl (C=O) groups excluding carboxylic acids is 1. The van der Waals surface area contributed by atoms with Crippen LogP contribution in [0.4, 0.5) is 0 Å². The van der Waals surface area contributed by atoms with Crippen LogP contribution in [0.15, 0.2) is 47.1 Å². The largest absolute Gasteiger partial charge is 0.464 e. The molecule has 2 aromatic rings. The highest BCUT2D eigenvalue weighted by Gasteiger charge is 2.37. The fraction of sp³-hybridized carbons (Fsp3) is 0.300. The summed E-state index contributed by atoms with van der Waals surface area (Å²) in [7, 11) is 0. The molecule has 0 spiro atoms. The van der Waals surface area contributed by atoms with Crippen LogP contribution in [0.5, 0.6) is 0 Å². The second-order valence-corrected chi connectivity index (χ2v) is 8.69. The number of nitrogens with zero attached hydrogens (tertiary/aromatic N) is 1. The molecule has 0 bridgehead atoms. The quantitative estimate of drug-likeness (QED) is 0.801. The molecular formula is C20H18ClNO3S. The van der Waals surface area contributed by atoms with Crippen LogP contribution in [0.25, 0.3) is 16.8 Å². The van der Waals surface area contributed by atoms with Crippen LogP contribution >= 0.6 is 22.9 Å². The summed E-state index contributed by atoms with van der Waals surface area (Å²) < 4.78 is 5.69. The molecule has 6 heteroatoms. The first-order chi connectivity index (χ1) is 12.3. The van der Waals surface area contributed by atoms with Gasteiger partial charge < -0.3 is 9.84 Å². The maximum absolute atomic E-state index is 12.5. The molecule has 0 saturated carbocycles. The summed E-state index contributed by atoms with van der Waals surface area (Å²) >= 11 is 7.34. The molecule has 0 amide bonds. The highest BCUT2D eigenvalue weighted by atomic mass is 35.5. The number of Topliss-reactive ketones (excluding diaryl/α,β-unsaturated/α-hetero) is 1. The van der Waals surface area contributed by atoms with Crippen molar-refractivity contribution in [1.29, 1.82) is 0 Å². The van der Waals surface area contributed by atoms with Gasteiger partial charge in [0.25, 0.3) is 0 Å². The first kappa shape index (κ1) is 17.5. The number of halogens is 1. The fourth-order valence-corrected chi connectivity index (χ4v) is 4.28. The second kappa shape index (κ2) is 6.34. The summed E-state index contributed by atoms with van der Waals surface area (Å²) in [6.07, 6.45) is 1.75. The Morgan fingerprint density at radius 3 is 2.73 bits per heavy atom. The summed E-state index contributed by atoms with van der Waals surface area (Å²) in [6, 6.07) is 7.42. The molecule has 1 aromatic carbocycles. The number of carbonyl (C=O) groups is 1. The van der Waals surface area contributed by atoms with Gasteiger partial charge in [0, 0.05) is 28.8 Å². The lowest BCUT2D eigenvalue weighted by atomic mass is 9.75. The Balaban J connectivity index is 1.69. The number of rotatable bonds is 2. The third kappa shape index (κ3) is 3.22. The molecule has 26 heavy (non-hydrogen) atoms. The van der Waals surface area contributed by atoms with Crippen LogP contribution in [0.2, 0.25) is 5.02 Å². The van der Waals surface area contributed by atoms with E-state index >= 15 is 0 Å². The fourth-order valence-electron chi connectivity index (χ4n) is 3.30. The molecule has 4 nitrogen and oxygen atoms in total. The molecule has 1 unspecified atom stereocenters. The molecule has 4 rings (SSSR count). The van der Waals surface area contributed by atoms with Crippen LogP contribution in [-0.4, -0.2) is 22.2 Å². The number of hydrogen-bond donors (Lipinski definition) is 1. The molecule has 1 aromatic heterocycles. The normalized spacial score (nSPS) is 21.9. The van der Waals surface area contributed by atoms with Gasteiger partial charge in [-0.2, -0.15) is 0 Å². The topological polar surface area (TPSA) is 59.4 Å². The predicted molar refractivity (Wildman–Crippen MR) is 103 cm³/mol. The Morgan fingerprint density at radius 1 is 1.27 bits per heavy atom. The molecule has 1 aliphatic heterocycles. The zero-order chi connectivity index (χ0) is 18.5. The van der Waals surface area contributed by atoms with Crippen molar-refractivity contribution in [2.75, 3.05) is 0 Å². The Morgan fingerprint density at radius 2 is 2.00 bits per heavy atom. The highest BCUT2D eigenvalue weighted by molar-refractivity contribution is 7.11. The number of aliphatic hydroxyl groups excluding tert-OH is 1. The smallest absolute Gasteiger partial charge is 0.226 e. The highest BCUT2D eigenvalue weighted by Crippen LogP contribution is 2.42. The predicted octanol–water partition coefficient (Wildman–Crippen LogP) is 4.84. The average molecular weight is 388 g/mol. The number of hydrogen-bond acceptors (Lipinski definition) is 5. The van der Waals surface area contributed by atoms with Crippen molar-refractivity contribution in [3.63, 3.8) is 0 Å². The zero-order valence-electron chi connectivity index (χ0n) is 14.5. The Hall–Kier alpha value is -1.95. The van der Waals surface area contributed by atoms with E-state index in [9.17, 15) is 9.90 Å². The van der Waals surface area contributed by atoms with E-state index < -0.39 is 6.29 Å². The number of allylic oxidation sites excluding steroid dienone is 3. The first-order valence-corrected chi connectivity index (χ1v) is 9.63. The number of benzene rings is 1. The number of aliphatic hydroxyl groups is 1. The van der Waals surface area contributed by atoms with E-state index in [0.29, 0.717) is 39.8 Å². The van der Waals surface area contributed by atoms with Gasteiger partial charge in [0.1, 0.15) is 10.8 Å². The maximum Gasteiger partial charge on any atom is 0.226 e. The zero-order valence-corrected chi connectivity index (χ0v) is 16.0. The lowest BCUT2D eigenvalue weighted by Gasteiger charge is -2.34. The molecular weight excluding hydrogens is 370 g/mol. The first-order valence-electron chi connectivity index (χ1n) is 8.37. The summed E-state index contributed by atoms with van der Waals surface area (Å²) in [5.74, 6) is 0.632. The van der Waals surface area contributed by atoms with Gasteiger partial charge in [-0.1, -0.05) is 37.6 Å². The minimum atomic E-state index is -1.11. The third-order valence-corrected chi connectivity index (χ3v) is 5.73. The molecule has 134 valence electrons. The molecule has 0 radical (unpaired) electrons. The monoisotopic (exact) mass is 387 g/mol. The van der Waals surface area contributed by atoms with Gasteiger partial charge in [0.2, 0.25) is 6.29 Å². The van der Waals surface area contributed by atoms with Crippen molar-refractivity contribution in [3.8, 4) is 11.3 Å². The van der Waals surface area contributed by atoms with Crippen LogP contribution in [-0.2, 0) is 9.53 Å². The van der Waals surface area contributed by atoms with E-state index in [-0.39, 0.29) is 11.2 Å². The van der Waals surface area contributed by atoms with Crippen molar-refractivity contribution in [2.45, 2.75) is 33.0 Å². The van der Waals surface area contributed by atoms with Crippen LogP contribution in [0, 0.1) is 5.41 Å². The molecule has 1 N–H and O–H groups in total. The minimum Gasteiger partial charge on any atom is -0.464 e. The summed E-state index contributed by atoms with van der Waals surface area (Å²) in [6.45, 7) is 4.06. The van der Waals surface area contributed by atoms with E-state index in [1.807, 2.05) is 43.5 Å². The Labute approximate surface area is 160 Å². The van der Waals surface area contributed by atoms with Crippen molar-refractivity contribution in [2.24, 2.45) is 5.41 Å². The van der Waals surface area contributed by atoms with Gasteiger partial charge in [-0.05, 0) is 23.6 Å². The van der Waals surface area contributed by atoms with Crippen LogP contribution in [0.3, 0.4) is 0 Å². The maximum atomic E-state index is 12.5. The van der Waals surface area contributed by atoms with Crippen molar-refractivity contribution in [1.82, 2.24) is 4.98 Å². The summed E-state index contributed by atoms with van der Waals surface area (Å²) in [5, 5.41) is 13.7. The number of aromatic nitrogens is 1. The SMILES string of the molecule is CC1(C)CC(=O)C2=C(C1)OC(O)C(c1nc(-c3ccc(Cl)cc3)cs1)=C2. The van der Waals surface area contributed by atoms with Gasteiger partial charge in [0.05, 0.1) is 16.8 Å². The molecule has 0 saturated heterocycles. The average Bonchev–Trinajstić information content (AvgIpc) is 3.03. The summed E-state index contributed by atoms with van der Waals surface area (Å²) in [5.41, 5.74) is 2.68. The van der Waals surface area contributed by atoms with Gasteiger partial charge in [0.15, 0.2) is 5.78 Å². The molecule has 2 heterocycles. The number of ether oxygens (including phenoxy) is 1. The van der Waals surface area contributed by atoms with Gasteiger partial charge >= 0.3 is 0 Å². The third-order valence-electron chi connectivity index (χ3n) is 4.59. The standard InChI is InChI=1S/C20H18ClNO3S/c1-20(2)8-16(23)13-7-14(19(24)25-17(13)9-20)18-22-15(10-26-18)11-3-5-12(21)6-4-11/h3-7,10,19,24H,8-9H2,1-2H3.